The van der Waals surface area contributed by atoms with E-state index in [1.54, 1.807) is 23.3 Å². The molecule has 1 saturated heterocycles. The summed E-state index contributed by atoms with van der Waals surface area (Å²) in [7, 11) is 0.528. The lowest BCUT2D eigenvalue weighted by Gasteiger charge is -2.40. The van der Waals surface area contributed by atoms with E-state index in [1.165, 1.54) is 11.1 Å². The van der Waals surface area contributed by atoms with Gasteiger partial charge in [0.15, 0.2) is 0 Å². The summed E-state index contributed by atoms with van der Waals surface area (Å²) < 4.78 is 26.8. The Morgan fingerprint density at radius 1 is 1.19 bits per heavy atom. The van der Waals surface area contributed by atoms with Crippen LogP contribution >= 0.6 is 0 Å². The number of hydrogen-bond donors (Lipinski definition) is 0. The first-order valence-corrected chi connectivity index (χ1v) is 11.1. The molecule has 0 aromatic heterocycles. The molecule has 26 heavy (non-hydrogen) atoms. The fraction of sp³-hybridized carbons (Fsp3) is 0.650. The van der Waals surface area contributed by atoms with E-state index in [0.717, 1.165) is 32.1 Å². The van der Waals surface area contributed by atoms with Crippen LogP contribution in [0.2, 0.25) is 0 Å². The Morgan fingerprint density at radius 3 is 2.46 bits per heavy atom. The van der Waals surface area contributed by atoms with Gasteiger partial charge in [0.25, 0.3) is 0 Å². The second-order valence-electron chi connectivity index (χ2n) is 8.40. The predicted octanol–water partition coefficient (Wildman–Crippen LogP) is 2.48. The molecule has 0 radical (unpaired) electrons. The number of fused-ring (bicyclic) bond motifs is 2. The monoisotopic (exact) mass is 376 g/mol. The van der Waals surface area contributed by atoms with Crippen molar-refractivity contribution in [3.8, 4) is 0 Å². The van der Waals surface area contributed by atoms with E-state index in [1.807, 2.05) is 0 Å². The molecule has 1 amide bonds. The van der Waals surface area contributed by atoms with E-state index in [-0.39, 0.29) is 22.5 Å². The minimum atomic E-state index is -3.08. The molecule has 1 atom stereocenters. The number of benzene rings is 1. The van der Waals surface area contributed by atoms with E-state index < -0.39 is 10.0 Å². The lowest BCUT2D eigenvalue weighted by atomic mass is 9.73. The van der Waals surface area contributed by atoms with Crippen LogP contribution in [0.5, 0.6) is 0 Å². The zero-order chi connectivity index (χ0) is 18.5. The Hall–Kier alpha value is -1.40. The Bertz CT molecular complexity index is 806. The number of sulfonamides is 1. The van der Waals surface area contributed by atoms with Crippen LogP contribution in [-0.4, -0.2) is 56.0 Å². The second kappa shape index (κ2) is 6.34. The number of carbonyl (C=O) groups excluding carboxylic acids is 1. The SMILES string of the molecule is CN(C)C(=O)CC1CC2(CCN(S(=O)(=O)C3CC3)CC2)c2ccccc21. The highest BCUT2D eigenvalue weighted by molar-refractivity contribution is 7.90. The Morgan fingerprint density at radius 2 is 1.85 bits per heavy atom. The maximum absolute atomic E-state index is 12.6. The summed E-state index contributed by atoms with van der Waals surface area (Å²) in [5.41, 5.74) is 2.67. The maximum Gasteiger partial charge on any atom is 0.222 e. The van der Waals surface area contributed by atoms with Crippen molar-refractivity contribution in [2.45, 2.75) is 55.1 Å². The van der Waals surface area contributed by atoms with Crippen molar-refractivity contribution >= 4 is 15.9 Å². The number of carbonyl (C=O) groups is 1. The molecule has 6 heteroatoms. The van der Waals surface area contributed by atoms with Gasteiger partial charge in [0, 0.05) is 33.6 Å². The average Bonchev–Trinajstić information content (AvgIpc) is 3.43. The first kappa shape index (κ1) is 18.0. The van der Waals surface area contributed by atoms with E-state index >= 15 is 0 Å². The minimum Gasteiger partial charge on any atom is -0.349 e. The number of amides is 1. The van der Waals surface area contributed by atoms with Crippen LogP contribution in [0.3, 0.4) is 0 Å². The van der Waals surface area contributed by atoms with Gasteiger partial charge in [0.1, 0.15) is 0 Å². The standard InChI is InChI=1S/C20H28N2O3S/c1-21(2)19(23)13-15-14-20(18-6-4-3-5-17(15)18)9-11-22(12-10-20)26(24,25)16-7-8-16/h3-6,15-16H,7-14H2,1-2H3. The smallest absolute Gasteiger partial charge is 0.222 e. The van der Waals surface area contributed by atoms with E-state index in [0.29, 0.717) is 19.5 Å². The number of rotatable bonds is 4. The minimum absolute atomic E-state index is 0.0312. The molecular weight excluding hydrogens is 348 g/mol. The van der Waals surface area contributed by atoms with Crippen LogP contribution in [0.15, 0.2) is 24.3 Å². The van der Waals surface area contributed by atoms with Crippen molar-refractivity contribution in [2.75, 3.05) is 27.2 Å². The van der Waals surface area contributed by atoms with E-state index in [2.05, 4.69) is 24.3 Å². The van der Waals surface area contributed by atoms with Gasteiger partial charge in [-0.2, -0.15) is 0 Å². The summed E-state index contributed by atoms with van der Waals surface area (Å²) >= 11 is 0. The Labute approximate surface area is 156 Å². The predicted molar refractivity (Wildman–Crippen MR) is 102 cm³/mol. The van der Waals surface area contributed by atoms with Crippen LogP contribution in [0.25, 0.3) is 0 Å². The summed E-state index contributed by atoms with van der Waals surface area (Å²) in [6, 6.07) is 8.48. The summed E-state index contributed by atoms with van der Waals surface area (Å²) in [4.78, 5) is 13.9. The van der Waals surface area contributed by atoms with Crippen LogP contribution in [0, 0.1) is 0 Å². The summed E-state index contributed by atoms with van der Waals surface area (Å²) in [5, 5.41) is -0.127. The zero-order valence-corrected chi connectivity index (χ0v) is 16.5. The second-order valence-corrected chi connectivity index (χ2v) is 10.6. The van der Waals surface area contributed by atoms with Crippen molar-refractivity contribution in [2.24, 2.45) is 0 Å². The summed E-state index contributed by atoms with van der Waals surface area (Å²) in [6.07, 6.45) is 4.87. The molecule has 1 aromatic rings. The lowest BCUT2D eigenvalue weighted by molar-refractivity contribution is -0.129. The third kappa shape index (κ3) is 2.97. The van der Waals surface area contributed by atoms with Gasteiger partial charge in [-0.15, -0.1) is 0 Å². The van der Waals surface area contributed by atoms with Crippen molar-refractivity contribution in [1.82, 2.24) is 9.21 Å². The molecule has 2 fully saturated rings. The quantitative estimate of drug-likeness (QED) is 0.811. The molecule has 2 aliphatic carbocycles. The lowest BCUT2D eigenvalue weighted by Crippen LogP contribution is -2.45. The Balaban J connectivity index is 1.55. The van der Waals surface area contributed by atoms with Gasteiger partial charge < -0.3 is 4.90 Å². The van der Waals surface area contributed by atoms with E-state index in [9.17, 15) is 13.2 Å². The van der Waals surface area contributed by atoms with Gasteiger partial charge in [-0.05, 0) is 54.6 Å². The molecule has 1 saturated carbocycles. The fourth-order valence-electron chi connectivity index (χ4n) is 4.82. The highest BCUT2D eigenvalue weighted by Gasteiger charge is 2.49. The van der Waals surface area contributed by atoms with E-state index in [4.69, 9.17) is 0 Å². The molecule has 142 valence electrons. The number of hydrogen-bond acceptors (Lipinski definition) is 3. The summed E-state index contributed by atoms with van der Waals surface area (Å²) in [6.45, 7) is 1.23. The highest BCUT2D eigenvalue weighted by Crippen LogP contribution is 2.53. The zero-order valence-electron chi connectivity index (χ0n) is 15.6. The van der Waals surface area contributed by atoms with Gasteiger partial charge >= 0.3 is 0 Å². The van der Waals surface area contributed by atoms with Gasteiger partial charge in [0.05, 0.1) is 5.25 Å². The molecule has 1 spiro atoms. The third-order valence-corrected chi connectivity index (χ3v) is 8.91. The van der Waals surface area contributed by atoms with Gasteiger partial charge in [-0.3, -0.25) is 4.79 Å². The average molecular weight is 377 g/mol. The molecule has 1 unspecified atom stereocenters. The molecule has 1 heterocycles. The molecule has 1 aliphatic heterocycles. The van der Waals surface area contributed by atoms with Gasteiger partial charge in [0.2, 0.25) is 15.9 Å². The largest absolute Gasteiger partial charge is 0.349 e. The molecule has 0 bridgehead atoms. The highest BCUT2D eigenvalue weighted by atomic mass is 32.2. The molecule has 5 nitrogen and oxygen atoms in total. The van der Waals surface area contributed by atoms with Crippen molar-refractivity contribution < 1.29 is 13.2 Å². The number of nitrogens with zero attached hydrogens (tertiary/aromatic N) is 2. The van der Waals surface area contributed by atoms with Crippen LogP contribution < -0.4 is 0 Å². The molecule has 4 rings (SSSR count). The molecule has 1 aromatic carbocycles. The first-order chi connectivity index (χ1) is 12.3. The Kier molecular flexibility index (Phi) is 4.39. The normalized spacial score (nSPS) is 25.2. The maximum atomic E-state index is 12.6. The molecule has 3 aliphatic rings. The van der Waals surface area contributed by atoms with Crippen molar-refractivity contribution in [3.63, 3.8) is 0 Å². The van der Waals surface area contributed by atoms with Crippen molar-refractivity contribution in [1.29, 1.82) is 0 Å². The van der Waals surface area contributed by atoms with Crippen LogP contribution in [-0.2, 0) is 20.2 Å². The van der Waals surface area contributed by atoms with Crippen molar-refractivity contribution in [3.05, 3.63) is 35.4 Å². The van der Waals surface area contributed by atoms with Crippen LogP contribution in [0.4, 0.5) is 0 Å². The van der Waals surface area contributed by atoms with Gasteiger partial charge in [-0.25, -0.2) is 12.7 Å². The molecule has 0 N–H and O–H groups in total. The fourth-order valence-corrected chi connectivity index (χ4v) is 6.67. The van der Waals surface area contributed by atoms with Gasteiger partial charge in [-0.1, -0.05) is 24.3 Å². The van der Waals surface area contributed by atoms with Crippen LogP contribution in [0.1, 0.15) is 55.6 Å². The molecular formula is C20H28N2O3S. The number of piperidine rings is 1. The third-order valence-electron chi connectivity index (χ3n) is 6.51. The summed E-state index contributed by atoms with van der Waals surface area (Å²) in [5.74, 6) is 0.406. The first-order valence-electron chi connectivity index (χ1n) is 9.62. The topological polar surface area (TPSA) is 57.7 Å².